The average molecular weight is 433 g/mol. The van der Waals surface area contributed by atoms with E-state index in [0.717, 1.165) is 12.8 Å². The zero-order valence-corrected chi connectivity index (χ0v) is 18.9. The maximum atomic E-state index is 13.1. The van der Waals surface area contributed by atoms with Gasteiger partial charge in [0, 0.05) is 20.3 Å². The van der Waals surface area contributed by atoms with Crippen LogP contribution >= 0.6 is 0 Å². The molecule has 0 aromatic carbocycles. The number of ether oxygens (including phenoxy) is 3. The first kappa shape index (κ1) is 22.1. The first-order valence-electron chi connectivity index (χ1n) is 11.1. The predicted octanol–water partition coefficient (Wildman–Crippen LogP) is 3.95. The molecule has 31 heavy (non-hydrogen) atoms. The standard InChI is InChI=1S/C24H32O7/c1-14-10-21(30-16(3)26)24(13-29-15(2)25)19(6-7-20-23(24,5)31-20)22(14,4)11-18(27)17-8-9-28-12-17/h8-9,12,14,19-21H,6-7,10-11,13H2,1-5H3/t14-,19-,20+,21-,22+,23+,24-/m0/s1. The fourth-order valence-electron chi connectivity index (χ4n) is 6.61. The molecule has 0 N–H and O–H groups in total. The van der Waals surface area contributed by atoms with E-state index in [-0.39, 0.29) is 47.7 Å². The number of carbonyl (C=O) groups is 3. The van der Waals surface area contributed by atoms with Crippen LogP contribution in [-0.4, -0.2) is 42.1 Å². The van der Waals surface area contributed by atoms with E-state index in [2.05, 4.69) is 13.8 Å². The molecule has 1 aromatic heterocycles. The number of epoxide rings is 1. The molecule has 3 aliphatic rings. The SMILES string of the molecule is CC(=O)OC[C@@]12[C@@H](OC(C)=O)C[C@H](C)[C@@](C)(CC(=O)c3ccoc3)[C@@H]1CC[C@H]1O[C@]12C. The van der Waals surface area contributed by atoms with Crippen molar-refractivity contribution >= 4 is 17.7 Å². The number of esters is 2. The number of furan rings is 1. The summed E-state index contributed by atoms with van der Waals surface area (Å²) in [5, 5.41) is 0. The molecule has 2 aliphatic carbocycles. The van der Waals surface area contributed by atoms with E-state index in [1.807, 2.05) is 6.92 Å². The lowest BCUT2D eigenvalue weighted by molar-refractivity contribution is -0.218. The third kappa shape index (κ3) is 3.32. The van der Waals surface area contributed by atoms with Crippen LogP contribution in [0.3, 0.4) is 0 Å². The minimum absolute atomic E-state index is 0.0212. The molecule has 0 bridgehead atoms. The summed E-state index contributed by atoms with van der Waals surface area (Å²) in [6.07, 6.45) is 5.19. The van der Waals surface area contributed by atoms with Gasteiger partial charge in [0.05, 0.1) is 23.3 Å². The molecule has 1 aromatic rings. The molecule has 0 radical (unpaired) electrons. The first-order valence-corrected chi connectivity index (χ1v) is 11.1. The maximum absolute atomic E-state index is 13.1. The molecule has 7 heteroatoms. The van der Waals surface area contributed by atoms with E-state index in [1.54, 1.807) is 6.07 Å². The summed E-state index contributed by atoms with van der Waals surface area (Å²) in [6.45, 7) is 9.22. The summed E-state index contributed by atoms with van der Waals surface area (Å²) in [7, 11) is 0. The normalized spacial score (nSPS) is 40.9. The van der Waals surface area contributed by atoms with E-state index < -0.39 is 17.1 Å². The summed E-state index contributed by atoms with van der Waals surface area (Å²) < 4.78 is 22.8. The van der Waals surface area contributed by atoms with Gasteiger partial charge in [0.1, 0.15) is 24.6 Å². The summed E-state index contributed by atoms with van der Waals surface area (Å²) in [6, 6.07) is 1.69. The summed E-state index contributed by atoms with van der Waals surface area (Å²) in [5.41, 5.74) is -1.09. The van der Waals surface area contributed by atoms with Gasteiger partial charge >= 0.3 is 11.9 Å². The van der Waals surface area contributed by atoms with Gasteiger partial charge in [-0.2, -0.15) is 0 Å². The molecule has 7 atom stereocenters. The second kappa shape index (κ2) is 7.47. The van der Waals surface area contributed by atoms with Crippen molar-refractivity contribution in [1.82, 2.24) is 0 Å². The van der Waals surface area contributed by atoms with Crippen LogP contribution < -0.4 is 0 Å². The molecule has 3 fully saturated rings. The Morgan fingerprint density at radius 1 is 1.16 bits per heavy atom. The second-order valence-electron chi connectivity index (χ2n) is 10.0. The summed E-state index contributed by atoms with van der Waals surface area (Å²) in [5.74, 6) is -0.619. The van der Waals surface area contributed by atoms with Crippen LogP contribution in [0.2, 0.25) is 0 Å². The summed E-state index contributed by atoms with van der Waals surface area (Å²) >= 11 is 0. The number of fused-ring (bicyclic) bond motifs is 3. The van der Waals surface area contributed by atoms with E-state index in [4.69, 9.17) is 18.6 Å². The van der Waals surface area contributed by atoms with Gasteiger partial charge in [-0.15, -0.1) is 0 Å². The molecule has 1 saturated heterocycles. The van der Waals surface area contributed by atoms with Crippen LogP contribution in [-0.2, 0) is 23.8 Å². The van der Waals surface area contributed by atoms with Crippen LogP contribution in [0, 0.1) is 22.7 Å². The minimum atomic E-state index is -0.703. The van der Waals surface area contributed by atoms with Crippen molar-refractivity contribution in [1.29, 1.82) is 0 Å². The molecule has 0 spiro atoms. The van der Waals surface area contributed by atoms with Gasteiger partial charge < -0.3 is 18.6 Å². The number of ketones is 1. The van der Waals surface area contributed by atoms with Crippen molar-refractivity contribution in [3.63, 3.8) is 0 Å². The highest BCUT2D eigenvalue weighted by atomic mass is 16.6. The second-order valence-corrected chi connectivity index (χ2v) is 10.0. The lowest BCUT2D eigenvalue weighted by Gasteiger charge is -2.61. The van der Waals surface area contributed by atoms with Gasteiger partial charge in [0.15, 0.2) is 5.78 Å². The maximum Gasteiger partial charge on any atom is 0.302 e. The molecule has 2 saturated carbocycles. The monoisotopic (exact) mass is 432 g/mol. The Balaban J connectivity index is 1.78. The quantitative estimate of drug-likeness (QED) is 0.382. The van der Waals surface area contributed by atoms with Crippen LogP contribution in [0.5, 0.6) is 0 Å². The molecular weight excluding hydrogens is 400 g/mol. The molecule has 2 heterocycles. The number of carbonyl (C=O) groups excluding carboxylic acids is 3. The van der Waals surface area contributed by atoms with Crippen LogP contribution in [0.4, 0.5) is 0 Å². The largest absolute Gasteiger partial charge is 0.472 e. The third-order valence-electron chi connectivity index (χ3n) is 8.48. The molecule has 7 nitrogen and oxygen atoms in total. The van der Waals surface area contributed by atoms with E-state index in [9.17, 15) is 14.4 Å². The van der Waals surface area contributed by atoms with E-state index in [0.29, 0.717) is 18.4 Å². The van der Waals surface area contributed by atoms with Crippen molar-refractivity contribution in [2.45, 2.75) is 78.1 Å². The molecular formula is C24H32O7. The lowest BCUT2D eigenvalue weighted by atomic mass is 9.43. The smallest absolute Gasteiger partial charge is 0.302 e. The molecule has 1 aliphatic heterocycles. The average Bonchev–Trinajstić information content (AvgIpc) is 3.11. The van der Waals surface area contributed by atoms with Crippen molar-refractivity contribution < 1.29 is 33.0 Å². The van der Waals surface area contributed by atoms with Crippen LogP contribution in [0.1, 0.15) is 70.7 Å². The number of Topliss-reactive ketones (excluding diaryl/α,β-unsaturated/α-hetero) is 1. The highest BCUT2D eigenvalue weighted by molar-refractivity contribution is 5.96. The molecule has 170 valence electrons. The van der Waals surface area contributed by atoms with E-state index in [1.165, 1.54) is 26.4 Å². The Bertz CT molecular complexity index is 876. The Kier molecular flexibility index (Phi) is 5.31. The fraction of sp³-hybridized carbons (Fsp3) is 0.708. The zero-order chi connectivity index (χ0) is 22.6. The third-order valence-corrected chi connectivity index (χ3v) is 8.48. The van der Waals surface area contributed by atoms with Gasteiger partial charge in [0.2, 0.25) is 0 Å². The number of hydrogen-bond acceptors (Lipinski definition) is 7. The lowest BCUT2D eigenvalue weighted by Crippen LogP contribution is -2.67. The van der Waals surface area contributed by atoms with Crippen molar-refractivity contribution in [3.8, 4) is 0 Å². The Hall–Kier alpha value is -2.15. The van der Waals surface area contributed by atoms with Crippen LogP contribution in [0.15, 0.2) is 23.0 Å². The topological polar surface area (TPSA) is 95.3 Å². The van der Waals surface area contributed by atoms with E-state index >= 15 is 0 Å². The van der Waals surface area contributed by atoms with Gasteiger partial charge in [0.25, 0.3) is 0 Å². The minimum Gasteiger partial charge on any atom is -0.472 e. The van der Waals surface area contributed by atoms with Crippen molar-refractivity contribution in [2.24, 2.45) is 22.7 Å². The fourth-order valence-corrected chi connectivity index (χ4v) is 6.61. The highest BCUT2D eigenvalue weighted by Crippen LogP contribution is 2.71. The molecule has 0 amide bonds. The first-order chi connectivity index (χ1) is 14.5. The van der Waals surface area contributed by atoms with Crippen molar-refractivity contribution in [2.75, 3.05) is 6.61 Å². The highest BCUT2D eigenvalue weighted by Gasteiger charge is 2.78. The summed E-state index contributed by atoms with van der Waals surface area (Å²) in [4.78, 5) is 37.0. The number of rotatable bonds is 6. The van der Waals surface area contributed by atoms with Gasteiger partial charge in [-0.3, -0.25) is 14.4 Å². The Morgan fingerprint density at radius 2 is 1.90 bits per heavy atom. The molecule has 4 rings (SSSR count). The molecule has 0 unspecified atom stereocenters. The number of hydrogen-bond donors (Lipinski definition) is 0. The predicted molar refractivity (Wildman–Crippen MR) is 110 cm³/mol. The van der Waals surface area contributed by atoms with Gasteiger partial charge in [-0.25, -0.2) is 0 Å². The Labute approximate surface area is 182 Å². The zero-order valence-electron chi connectivity index (χ0n) is 18.9. The Morgan fingerprint density at radius 3 is 2.52 bits per heavy atom. The van der Waals surface area contributed by atoms with Crippen molar-refractivity contribution in [3.05, 3.63) is 24.2 Å². The van der Waals surface area contributed by atoms with Gasteiger partial charge in [-0.1, -0.05) is 13.8 Å². The van der Waals surface area contributed by atoms with Gasteiger partial charge in [-0.05, 0) is 49.5 Å². The van der Waals surface area contributed by atoms with Crippen LogP contribution in [0.25, 0.3) is 0 Å².